The standard InChI is InChI=1S/CH5O5PS/c1-8(5,6)7(2,3)4/h1H3,(H2,2,3,4). The van der Waals surface area contributed by atoms with Gasteiger partial charge in [0.15, 0.2) is 0 Å². The Hall–Kier alpha value is 0.1000. The van der Waals surface area contributed by atoms with Gasteiger partial charge in [-0.05, 0) is 0 Å². The van der Waals surface area contributed by atoms with E-state index in [4.69, 9.17) is 9.79 Å². The Morgan fingerprint density at radius 2 is 1.50 bits per heavy atom. The molecule has 50 valence electrons. The van der Waals surface area contributed by atoms with E-state index in [0.717, 1.165) is 0 Å². The third-order valence-electron chi connectivity index (χ3n) is 0.432. The van der Waals surface area contributed by atoms with E-state index in [2.05, 4.69) is 0 Å². The highest BCUT2D eigenvalue weighted by molar-refractivity contribution is 8.48. The molecule has 0 saturated carbocycles. The lowest BCUT2D eigenvalue weighted by Crippen LogP contribution is -1.95. The molecular weight excluding hydrogens is 155 g/mol. The van der Waals surface area contributed by atoms with Gasteiger partial charge in [0.05, 0.1) is 6.26 Å². The number of hydrogen-bond donors (Lipinski definition) is 2. The van der Waals surface area contributed by atoms with Gasteiger partial charge in [-0.15, -0.1) is 0 Å². The molecule has 0 amide bonds. The van der Waals surface area contributed by atoms with Gasteiger partial charge in [0.1, 0.15) is 0 Å². The molecule has 7 heteroatoms. The number of hydrogen-bond acceptors (Lipinski definition) is 3. The predicted molar refractivity (Wildman–Crippen MR) is 26.9 cm³/mol. The Bertz CT molecular complexity index is 207. The van der Waals surface area contributed by atoms with E-state index in [9.17, 15) is 13.0 Å². The lowest BCUT2D eigenvalue weighted by Gasteiger charge is -1.95. The highest BCUT2D eigenvalue weighted by atomic mass is 32.8. The van der Waals surface area contributed by atoms with Gasteiger partial charge in [0.2, 0.25) is 9.46 Å². The molecule has 0 spiro atoms. The molecule has 5 nitrogen and oxygen atoms in total. The molecule has 0 aliphatic carbocycles. The second-order valence-corrected chi connectivity index (χ2v) is 7.09. The van der Waals surface area contributed by atoms with E-state index in [1.807, 2.05) is 0 Å². The Kier molecular flexibility index (Phi) is 1.83. The molecule has 0 fully saturated rings. The van der Waals surface area contributed by atoms with Crippen molar-refractivity contribution < 1.29 is 22.8 Å². The molecule has 0 aliphatic rings. The molecule has 0 aromatic heterocycles. The van der Waals surface area contributed by atoms with E-state index in [0.29, 0.717) is 6.26 Å². The molecule has 0 radical (unpaired) electrons. The summed E-state index contributed by atoms with van der Waals surface area (Å²) in [6.07, 6.45) is 0.480. The fourth-order valence-electron chi connectivity index (χ4n) is 0. The van der Waals surface area contributed by atoms with Crippen LogP contribution in [0.2, 0.25) is 0 Å². The van der Waals surface area contributed by atoms with E-state index >= 15 is 0 Å². The first kappa shape index (κ1) is 8.10. The van der Waals surface area contributed by atoms with Crippen molar-refractivity contribution in [3.63, 3.8) is 0 Å². The van der Waals surface area contributed by atoms with E-state index in [1.165, 1.54) is 0 Å². The summed E-state index contributed by atoms with van der Waals surface area (Å²) in [5, 5.41) is 0. The molecule has 0 atom stereocenters. The van der Waals surface area contributed by atoms with Crippen LogP contribution in [0.1, 0.15) is 0 Å². The minimum Gasteiger partial charge on any atom is -0.313 e. The molecule has 0 saturated heterocycles. The highest BCUT2D eigenvalue weighted by Gasteiger charge is 2.27. The molecule has 2 N–H and O–H groups in total. The second-order valence-electron chi connectivity index (χ2n) is 1.22. The molecule has 0 bridgehead atoms. The molecule has 0 aromatic carbocycles. The quantitative estimate of drug-likeness (QED) is 0.486. The SMILES string of the molecule is CS(=O)(=O)P(=O)(O)O. The molecule has 8 heavy (non-hydrogen) atoms. The monoisotopic (exact) mass is 160 g/mol. The summed E-state index contributed by atoms with van der Waals surface area (Å²) in [7, 11) is -4.17. The molecule has 0 rings (SSSR count). The average molecular weight is 160 g/mol. The van der Waals surface area contributed by atoms with E-state index < -0.39 is 16.3 Å². The summed E-state index contributed by atoms with van der Waals surface area (Å²) >= 11 is 0. The van der Waals surface area contributed by atoms with E-state index in [-0.39, 0.29) is 0 Å². The zero-order valence-corrected chi connectivity index (χ0v) is 5.69. The predicted octanol–water partition coefficient (Wildman–Crippen LogP) is -0.876. The van der Waals surface area contributed by atoms with Crippen LogP contribution < -0.4 is 0 Å². The van der Waals surface area contributed by atoms with Crippen LogP contribution in [0.15, 0.2) is 0 Å². The third kappa shape index (κ3) is 1.92. The van der Waals surface area contributed by atoms with Crippen LogP contribution >= 0.6 is 6.80 Å². The largest absolute Gasteiger partial charge is 0.439 e. The summed E-state index contributed by atoms with van der Waals surface area (Å²) < 4.78 is 29.5. The van der Waals surface area contributed by atoms with Crippen LogP contribution in [0, 0.1) is 0 Å². The van der Waals surface area contributed by atoms with Crippen molar-refractivity contribution in [2.45, 2.75) is 0 Å². The maximum Gasteiger partial charge on any atom is 0.439 e. The van der Waals surface area contributed by atoms with Gasteiger partial charge in [-0.2, -0.15) is 0 Å². The lowest BCUT2D eigenvalue weighted by molar-refractivity contribution is 0.390. The highest BCUT2D eigenvalue weighted by Crippen LogP contribution is 2.41. The van der Waals surface area contributed by atoms with Gasteiger partial charge in [-0.25, -0.2) is 13.0 Å². The van der Waals surface area contributed by atoms with Crippen molar-refractivity contribution >= 4 is 16.3 Å². The average Bonchev–Trinajstić information content (AvgIpc) is 1.25. The third-order valence-corrected chi connectivity index (χ3v) is 3.89. The van der Waals surface area contributed by atoms with Crippen LogP contribution in [0.4, 0.5) is 0 Å². The molecule has 0 aliphatic heterocycles. The van der Waals surface area contributed by atoms with E-state index in [1.54, 1.807) is 0 Å². The van der Waals surface area contributed by atoms with Crippen LogP contribution in [0.25, 0.3) is 0 Å². The smallest absolute Gasteiger partial charge is 0.313 e. The summed E-state index contributed by atoms with van der Waals surface area (Å²) in [4.78, 5) is 15.8. The molecule has 0 heterocycles. The molecule has 0 unspecified atom stereocenters. The van der Waals surface area contributed by atoms with Crippen molar-refractivity contribution in [1.82, 2.24) is 0 Å². The minimum atomic E-state index is -4.88. The summed E-state index contributed by atoms with van der Waals surface area (Å²) in [6, 6.07) is 0. The summed E-state index contributed by atoms with van der Waals surface area (Å²) in [5.41, 5.74) is 0. The molecular formula is CH5O5PS. The van der Waals surface area contributed by atoms with Crippen LogP contribution in [-0.2, 0) is 14.0 Å². The molecule has 0 aromatic rings. The first-order valence-corrected chi connectivity index (χ1v) is 5.62. The summed E-state index contributed by atoms with van der Waals surface area (Å²) in [5.74, 6) is 0. The van der Waals surface area contributed by atoms with Crippen LogP contribution in [-0.4, -0.2) is 24.5 Å². The Morgan fingerprint density at radius 3 is 1.50 bits per heavy atom. The zero-order valence-electron chi connectivity index (χ0n) is 3.97. The Morgan fingerprint density at radius 1 is 1.38 bits per heavy atom. The van der Waals surface area contributed by atoms with Gasteiger partial charge in [-0.1, -0.05) is 0 Å². The van der Waals surface area contributed by atoms with Crippen molar-refractivity contribution in [3.05, 3.63) is 0 Å². The Balaban J connectivity index is 4.84. The second kappa shape index (κ2) is 1.80. The Labute approximate surface area is 46.2 Å². The fraction of sp³-hybridized carbons (Fsp3) is 1.00. The number of rotatable bonds is 1. The first-order valence-electron chi connectivity index (χ1n) is 1.51. The van der Waals surface area contributed by atoms with Crippen molar-refractivity contribution in [1.29, 1.82) is 0 Å². The zero-order chi connectivity index (χ0) is 7.00. The van der Waals surface area contributed by atoms with Crippen LogP contribution in [0.5, 0.6) is 0 Å². The summed E-state index contributed by atoms with van der Waals surface area (Å²) in [6.45, 7) is -4.88. The van der Waals surface area contributed by atoms with Gasteiger partial charge in [-0.3, -0.25) is 0 Å². The van der Waals surface area contributed by atoms with Gasteiger partial charge >= 0.3 is 6.80 Å². The van der Waals surface area contributed by atoms with Crippen LogP contribution in [0.3, 0.4) is 0 Å². The maximum absolute atomic E-state index is 9.89. The van der Waals surface area contributed by atoms with Crippen molar-refractivity contribution in [2.75, 3.05) is 6.26 Å². The lowest BCUT2D eigenvalue weighted by atomic mass is 12.0. The van der Waals surface area contributed by atoms with Crippen molar-refractivity contribution in [3.8, 4) is 0 Å². The van der Waals surface area contributed by atoms with Crippen molar-refractivity contribution in [2.24, 2.45) is 0 Å². The minimum absolute atomic E-state index is 0.480. The van der Waals surface area contributed by atoms with Gasteiger partial charge in [0.25, 0.3) is 0 Å². The van der Waals surface area contributed by atoms with Gasteiger partial charge < -0.3 is 9.79 Å². The fourth-order valence-corrected chi connectivity index (χ4v) is 0. The maximum atomic E-state index is 9.89. The normalized spacial score (nSPS) is 13.9. The van der Waals surface area contributed by atoms with Gasteiger partial charge in [0, 0.05) is 0 Å². The first-order chi connectivity index (χ1) is 3.25. The topological polar surface area (TPSA) is 91.7 Å².